The van der Waals surface area contributed by atoms with Crippen molar-refractivity contribution in [3.63, 3.8) is 0 Å². The van der Waals surface area contributed by atoms with Gasteiger partial charge in [-0.2, -0.15) is 0 Å². The average molecular weight is 258 g/mol. The van der Waals surface area contributed by atoms with Gasteiger partial charge in [0.1, 0.15) is 5.75 Å². The lowest BCUT2D eigenvalue weighted by Crippen LogP contribution is -2.34. The summed E-state index contributed by atoms with van der Waals surface area (Å²) in [7, 11) is 0. The van der Waals surface area contributed by atoms with Crippen LogP contribution < -0.4 is 10.1 Å². The number of hydrogen-bond acceptors (Lipinski definition) is 3. The maximum atomic E-state index is 11.4. The predicted octanol–water partition coefficient (Wildman–Crippen LogP) is 1.52. The maximum Gasteiger partial charge on any atom is 0.258 e. The SMILES string of the molecule is Cc1cccc(Cl)c1OCC(=O)NCC(C)O. The normalized spacial score (nSPS) is 12.0. The fourth-order valence-electron chi connectivity index (χ4n) is 1.25. The zero-order valence-electron chi connectivity index (χ0n) is 9.87. The molecule has 0 heterocycles. The number of aliphatic hydroxyl groups is 1. The van der Waals surface area contributed by atoms with Crippen molar-refractivity contribution >= 4 is 17.5 Å². The fraction of sp³-hybridized carbons (Fsp3) is 0.417. The minimum Gasteiger partial charge on any atom is -0.482 e. The molecule has 0 saturated carbocycles. The Morgan fingerprint density at radius 2 is 2.29 bits per heavy atom. The van der Waals surface area contributed by atoms with Crippen LogP contribution in [0.25, 0.3) is 0 Å². The number of benzene rings is 1. The molecule has 0 aliphatic rings. The second-order valence-corrected chi connectivity index (χ2v) is 4.23. The molecule has 1 unspecified atom stereocenters. The molecule has 1 rings (SSSR count). The van der Waals surface area contributed by atoms with Crippen LogP contribution in [0.5, 0.6) is 5.75 Å². The van der Waals surface area contributed by atoms with Crippen LogP contribution >= 0.6 is 11.6 Å². The van der Waals surface area contributed by atoms with Crippen LogP contribution in [0.2, 0.25) is 5.02 Å². The van der Waals surface area contributed by atoms with Gasteiger partial charge >= 0.3 is 0 Å². The predicted molar refractivity (Wildman–Crippen MR) is 66.4 cm³/mol. The molecule has 0 fully saturated rings. The topological polar surface area (TPSA) is 58.6 Å². The van der Waals surface area contributed by atoms with E-state index in [1.807, 2.05) is 19.1 Å². The highest BCUT2D eigenvalue weighted by Gasteiger charge is 2.08. The average Bonchev–Trinajstić information content (AvgIpc) is 2.25. The number of halogens is 1. The highest BCUT2D eigenvalue weighted by Crippen LogP contribution is 2.27. The van der Waals surface area contributed by atoms with Gasteiger partial charge in [0.25, 0.3) is 5.91 Å². The highest BCUT2D eigenvalue weighted by molar-refractivity contribution is 6.32. The molecule has 1 aromatic carbocycles. The molecule has 17 heavy (non-hydrogen) atoms. The van der Waals surface area contributed by atoms with Crippen molar-refractivity contribution in [3.8, 4) is 5.75 Å². The Bertz CT molecular complexity index is 373. The molecule has 0 spiro atoms. The summed E-state index contributed by atoms with van der Waals surface area (Å²) in [6, 6.07) is 5.38. The van der Waals surface area contributed by atoms with Gasteiger partial charge in [-0.3, -0.25) is 4.79 Å². The van der Waals surface area contributed by atoms with E-state index in [0.717, 1.165) is 5.56 Å². The quantitative estimate of drug-likeness (QED) is 0.841. The Balaban J connectivity index is 2.47. The number of amides is 1. The first kappa shape index (κ1) is 13.8. The van der Waals surface area contributed by atoms with E-state index in [1.54, 1.807) is 13.0 Å². The van der Waals surface area contributed by atoms with Crippen molar-refractivity contribution in [1.82, 2.24) is 5.32 Å². The third-order valence-corrected chi connectivity index (χ3v) is 2.40. The molecule has 94 valence electrons. The van der Waals surface area contributed by atoms with Crippen molar-refractivity contribution in [3.05, 3.63) is 28.8 Å². The number of hydrogen-bond donors (Lipinski definition) is 2. The summed E-state index contributed by atoms with van der Waals surface area (Å²) in [6.07, 6.45) is -0.569. The number of rotatable bonds is 5. The summed E-state index contributed by atoms with van der Waals surface area (Å²) in [5, 5.41) is 12.0. The number of aliphatic hydroxyl groups excluding tert-OH is 1. The van der Waals surface area contributed by atoms with E-state index in [1.165, 1.54) is 0 Å². The van der Waals surface area contributed by atoms with Gasteiger partial charge in [0, 0.05) is 6.54 Å². The van der Waals surface area contributed by atoms with Gasteiger partial charge in [-0.1, -0.05) is 23.7 Å². The standard InChI is InChI=1S/C12H16ClNO3/c1-8-4-3-5-10(13)12(8)17-7-11(16)14-6-9(2)15/h3-5,9,15H,6-7H2,1-2H3,(H,14,16). The Morgan fingerprint density at radius 1 is 1.59 bits per heavy atom. The first-order valence-corrected chi connectivity index (χ1v) is 5.71. The Labute approximate surface area is 106 Å². The third-order valence-electron chi connectivity index (χ3n) is 2.11. The lowest BCUT2D eigenvalue weighted by molar-refractivity contribution is -0.123. The zero-order chi connectivity index (χ0) is 12.8. The van der Waals surface area contributed by atoms with Crippen LogP contribution in [-0.4, -0.2) is 30.3 Å². The van der Waals surface area contributed by atoms with Gasteiger partial charge in [0.05, 0.1) is 11.1 Å². The Kier molecular flexibility index (Phi) is 5.25. The zero-order valence-corrected chi connectivity index (χ0v) is 10.6. The Hall–Kier alpha value is -1.26. The monoisotopic (exact) mass is 257 g/mol. The number of ether oxygens (including phenoxy) is 1. The molecular formula is C12H16ClNO3. The smallest absolute Gasteiger partial charge is 0.258 e. The first-order valence-electron chi connectivity index (χ1n) is 5.33. The van der Waals surface area contributed by atoms with Crippen LogP contribution in [0.3, 0.4) is 0 Å². The molecule has 4 nitrogen and oxygen atoms in total. The van der Waals surface area contributed by atoms with Crippen molar-refractivity contribution < 1.29 is 14.6 Å². The number of carbonyl (C=O) groups excluding carboxylic acids is 1. The second kappa shape index (κ2) is 6.47. The number of aryl methyl sites for hydroxylation is 1. The summed E-state index contributed by atoms with van der Waals surface area (Å²) in [6.45, 7) is 3.55. The number of carbonyl (C=O) groups is 1. The summed E-state index contributed by atoms with van der Waals surface area (Å²) in [4.78, 5) is 11.4. The van der Waals surface area contributed by atoms with E-state index in [2.05, 4.69) is 5.32 Å². The molecule has 1 amide bonds. The van der Waals surface area contributed by atoms with Crippen LogP contribution in [0.1, 0.15) is 12.5 Å². The molecule has 2 N–H and O–H groups in total. The molecule has 0 bridgehead atoms. The lowest BCUT2D eigenvalue weighted by Gasteiger charge is -2.11. The van der Waals surface area contributed by atoms with Crippen molar-refractivity contribution in [2.75, 3.05) is 13.2 Å². The highest BCUT2D eigenvalue weighted by atomic mass is 35.5. The minimum absolute atomic E-state index is 0.114. The van der Waals surface area contributed by atoms with E-state index in [9.17, 15) is 4.79 Å². The van der Waals surface area contributed by atoms with Gasteiger partial charge in [0.15, 0.2) is 6.61 Å². The second-order valence-electron chi connectivity index (χ2n) is 3.83. The molecule has 0 saturated heterocycles. The van der Waals surface area contributed by atoms with Crippen molar-refractivity contribution in [2.45, 2.75) is 20.0 Å². The van der Waals surface area contributed by atoms with Crippen LogP contribution in [0, 0.1) is 6.92 Å². The molecule has 0 aliphatic carbocycles. The summed E-state index contributed by atoms with van der Waals surface area (Å²) < 4.78 is 5.34. The van der Waals surface area contributed by atoms with Crippen molar-refractivity contribution in [1.29, 1.82) is 0 Å². The van der Waals surface area contributed by atoms with Gasteiger partial charge in [-0.15, -0.1) is 0 Å². The Morgan fingerprint density at radius 3 is 2.88 bits per heavy atom. The summed E-state index contributed by atoms with van der Waals surface area (Å²) in [5.41, 5.74) is 0.876. The van der Waals surface area contributed by atoms with Gasteiger partial charge in [0.2, 0.25) is 0 Å². The fourth-order valence-corrected chi connectivity index (χ4v) is 1.53. The van der Waals surface area contributed by atoms with Crippen LogP contribution in [0.15, 0.2) is 18.2 Å². The first-order chi connectivity index (χ1) is 8.00. The molecule has 5 heteroatoms. The van der Waals surface area contributed by atoms with E-state index < -0.39 is 6.10 Å². The molecule has 1 aromatic rings. The summed E-state index contributed by atoms with van der Waals surface area (Å²) in [5.74, 6) is 0.228. The van der Waals surface area contributed by atoms with Gasteiger partial charge in [-0.25, -0.2) is 0 Å². The maximum absolute atomic E-state index is 11.4. The molecule has 0 radical (unpaired) electrons. The number of nitrogens with one attached hydrogen (secondary N) is 1. The van der Waals surface area contributed by atoms with Crippen molar-refractivity contribution in [2.24, 2.45) is 0 Å². The van der Waals surface area contributed by atoms with Crippen LogP contribution in [-0.2, 0) is 4.79 Å². The molecule has 1 atom stereocenters. The van der Waals surface area contributed by atoms with Crippen LogP contribution in [0.4, 0.5) is 0 Å². The molecular weight excluding hydrogens is 242 g/mol. The largest absolute Gasteiger partial charge is 0.482 e. The molecule has 0 aromatic heterocycles. The lowest BCUT2D eigenvalue weighted by atomic mass is 10.2. The van der Waals surface area contributed by atoms with E-state index in [-0.39, 0.29) is 19.1 Å². The minimum atomic E-state index is -0.569. The summed E-state index contributed by atoms with van der Waals surface area (Å²) >= 11 is 5.94. The van der Waals surface area contributed by atoms with Gasteiger partial charge in [-0.05, 0) is 25.5 Å². The third kappa shape index (κ3) is 4.63. The van der Waals surface area contributed by atoms with Gasteiger partial charge < -0.3 is 15.2 Å². The molecule has 0 aliphatic heterocycles. The number of para-hydroxylation sites is 1. The van der Waals surface area contributed by atoms with E-state index >= 15 is 0 Å². The van der Waals surface area contributed by atoms with E-state index in [4.69, 9.17) is 21.4 Å². The van der Waals surface area contributed by atoms with E-state index in [0.29, 0.717) is 10.8 Å².